The van der Waals surface area contributed by atoms with Gasteiger partial charge in [0.1, 0.15) is 5.75 Å². The van der Waals surface area contributed by atoms with Crippen molar-refractivity contribution in [3.05, 3.63) is 24.3 Å². The molecule has 4 nitrogen and oxygen atoms in total. The molecule has 5 heteroatoms. The van der Waals surface area contributed by atoms with Gasteiger partial charge in [0.2, 0.25) is 0 Å². The van der Waals surface area contributed by atoms with Gasteiger partial charge in [0.25, 0.3) is 0 Å². The van der Waals surface area contributed by atoms with Crippen molar-refractivity contribution in [2.24, 2.45) is 5.84 Å². The molecule has 0 heterocycles. The fraction of sp³-hybridized carbons (Fsp3) is 0.364. The molecular weight excluding hydrogens is 222 g/mol. The van der Waals surface area contributed by atoms with Crippen LogP contribution < -0.4 is 15.9 Å². The smallest absolute Gasteiger partial charge is 0.187 e. The van der Waals surface area contributed by atoms with Crippen molar-refractivity contribution in [3.8, 4) is 5.75 Å². The number of hydrazine groups is 1. The maximum atomic E-state index is 5.53. The molecule has 0 saturated carbocycles. The Bertz CT molecular complexity index is 349. The van der Waals surface area contributed by atoms with Gasteiger partial charge in [-0.2, -0.15) is 0 Å². The van der Waals surface area contributed by atoms with E-state index in [-0.39, 0.29) is 6.10 Å². The van der Waals surface area contributed by atoms with Crippen LogP contribution in [0.4, 0.5) is 5.69 Å². The Balaban J connectivity index is 2.61. The lowest BCUT2D eigenvalue weighted by atomic mass is 10.3. The zero-order valence-electron chi connectivity index (χ0n) is 9.73. The number of nitrogens with zero attached hydrogens (tertiary/aromatic N) is 1. The van der Waals surface area contributed by atoms with Crippen molar-refractivity contribution >= 4 is 23.0 Å². The van der Waals surface area contributed by atoms with Gasteiger partial charge in [-0.15, -0.1) is 0 Å². The topological polar surface area (TPSA) is 50.5 Å². The SMILES string of the molecule is CC(C)Oc1ccc(NC(=S)N(C)N)cc1. The molecule has 0 amide bonds. The third-order valence-corrected chi connectivity index (χ3v) is 2.19. The van der Waals surface area contributed by atoms with E-state index in [0.717, 1.165) is 11.4 Å². The minimum atomic E-state index is 0.176. The maximum absolute atomic E-state index is 5.53. The summed E-state index contributed by atoms with van der Waals surface area (Å²) in [6.07, 6.45) is 0.176. The van der Waals surface area contributed by atoms with Crippen molar-refractivity contribution in [2.75, 3.05) is 12.4 Å². The van der Waals surface area contributed by atoms with Gasteiger partial charge < -0.3 is 10.1 Å². The first-order chi connectivity index (χ1) is 7.49. The average Bonchev–Trinajstić information content (AvgIpc) is 2.20. The van der Waals surface area contributed by atoms with E-state index >= 15 is 0 Å². The highest BCUT2D eigenvalue weighted by Gasteiger charge is 2.01. The number of nitrogens with two attached hydrogens (primary N) is 1. The number of thiocarbonyl (C=S) groups is 1. The molecule has 1 aromatic rings. The first-order valence-corrected chi connectivity index (χ1v) is 5.46. The number of hydrogen-bond acceptors (Lipinski definition) is 3. The molecule has 0 aromatic heterocycles. The molecule has 3 N–H and O–H groups in total. The Morgan fingerprint density at radius 2 is 1.94 bits per heavy atom. The molecule has 88 valence electrons. The Kier molecular flexibility index (Phi) is 4.52. The third-order valence-electron chi connectivity index (χ3n) is 1.80. The van der Waals surface area contributed by atoms with Crippen LogP contribution in [0.5, 0.6) is 5.75 Å². The largest absolute Gasteiger partial charge is 0.491 e. The van der Waals surface area contributed by atoms with E-state index in [1.54, 1.807) is 7.05 Å². The van der Waals surface area contributed by atoms with Crippen molar-refractivity contribution in [1.82, 2.24) is 5.01 Å². The molecule has 0 saturated heterocycles. The van der Waals surface area contributed by atoms with Crippen LogP contribution in [0.3, 0.4) is 0 Å². The second-order valence-electron chi connectivity index (χ2n) is 3.73. The summed E-state index contributed by atoms with van der Waals surface area (Å²) in [6, 6.07) is 7.57. The molecule has 0 bridgehead atoms. The van der Waals surface area contributed by atoms with E-state index < -0.39 is 0 Å². The molecule has 0 radical (unpaired) electrons. The van der Waals surface area contributed by atoms with Crippen LogP contribution in [0.1, 0.15) is 13.8 Å². The molecule has 0 aliphatic carbocycles. The van der Waals surface area contributed by atoms with E-state index in [1.165, 1.54) is 5.01 Å². The summed E-state index contributed by atoms with van der Waals surface area (Å²) < 4.78 is 5.53. The average molecular weight is 239 g/mol. The van der Waals surface area contributed by atoms with E-state index in [1.807, 2.05) is 38.1 Å². The molecular formula is C11H17N3OS. The van der Waals surface area contributed by atoms with Gasteiger partial charge in [-0.1, -0.05) is 0 Å². The van der Waals surface area contributed by atoms with E-state index in [2.05, 4.69) is 5.32 Å². The zero-order valence-corrected chi connectivity index (χ0v) is 10.5. The van der Waals surface area contributed by atoms with Crippen LogP contribution in [0.2, 0.25) is 0 Å². The minimum Gasteiger partial charge on any atom is -0.491 e. The van der Waals surface area contributed by atoms with Gasteiger partial charge in [0.15, 0.2) is 5.11 Å². The summed E-state index contributed by atoms with van der Waals surface area (Å²) in [5.41, 5.74) is 0.887. The van der Waals surface area contributed by atoms with Crippen LogP contribution in [0.25, 0.3) is 0 Å². The van der Waals surface area contributed by atoms with E-state index in [4.69, 9.17) is 22.8 Å². The second kappa shape index (κ2) is 5.67. The van der Waals surface area contributed by atoms with Gasteiger partial charge in [0, 0.05) is 12.7 Å². The van der Waals surface area contributed by atoms with Gasteiger partial charge >= 0.3 is 0 Å². The van der Waals surface area contributed by atoms with Crippen LogP contribution in [0.15, 0.2) is 24.3 Å². The highest BCUT2D eigenvalue weighted by molar-refractivity contribution is 7.80. The van der Waals surface area contributed by atoms with Crippen LogP contribution in [-0.2, 0) is 0 Å². The summed E-state index contributed by atoms with van der Waals surface area (Å²) in [4.78, 5) is 0. The normalized spacial score (nSPS) is 10.1. The van der Waals surface area contributed by atoms with Gasteiger partial charge in [-0.3, -0.25) is 5.01 Å². The summed E-state index contributed by atoms with van der Waals surface area (Å²) in [7, 11) is 1.69. The minimum absolute atomic E-state index is 0.176. The molecule has 1 aromatic carbocycles. The predicted molar refractivity (Wildman–Crippen MR) is 70.4 cm³/mol. The molecule has 0 fully saturated rings. The number of hydrogen-bond donors (Lipinski definition) is 2. The first kappa shape index (κ1) is 12.7. The first-order valence-electron chi connectivity index (χ1n) is 5.05. The predicted octanol–water partition coefficient (Wildman–Crippen LogP) is 1.98. The monoisotopic (exact) mass is 239 g/mol. The number of rotatable bonds is 3. The number of ether oxygens (including phenoxy) is 1. The number of anilines is 1. The second-order valence-corrected chi connectivity index (χ2v) is 4.12. The Hall–Kier alpha value is -1.33. The fourth-order valence-electron chi connectivity index (χ4n) is 1.10. The summed E-state index contributed by atoms with van der Waals surface area (Å²) in [5.74, 6) is 6.32. The zero-order chi connectivity index (χ0) is 12.1. The Morgan fingerprint density at radius 1 is 1.38 bits per heavy atom. The molecule has 0 atom stereocenters. The Labute approximate surface area is 101 Å². The van der Waals surface area contributed by atoms with Gasteiger partial charge in [0.05, 0.1) is 6.10 Å². The third kappa shape index (κ3) is 4.04. The number of nitrogens with one attached hydrogen (secondary N) is 1. The van der Waals surface area contributed by atoms with Gasteiger partial charge in [-0.05, 0) is 50.3 Å². The lowest BCUT2D eigenvalue weighted by Crippen LogP contribution is -2.36. The van der Waals surface area contributed by atoms with Crippen LogP contribution >= 0.6 is 12.2 Å². The van der Waals surface area contributed by atoms with Crippen LogP contribution in [-0.4, -0.2) is 23.3 Å². The van der Waals surface area contributed by atoms with E-state index in [9.17, 15) is 0 Å². The lowest BCUT2D eigenvalue weighted by Gasteiger charge is -2.15. The van der Waals surface area contributed by atoms with Crippen molar-refractivity contribution in [3.63, 3.8) is 0 Å². The molecule has 0 aliphatic heterocycles. The van der Waals surface area contributed by atoms with Crippen molar-refractivity contribution in [2.45, 2.75) is 20.0 Å². The molecule has 0 unspecified atom stereocenters. The van der Waals surface area contributed by atoms with Crippen molar-refractivity contribution < 1.29 is 4.74 Å². The number of benzene rings is 1. The highest BCUT2D eigenvalue weighted by atomic mass is 32.1. The molecule has 16 heavy (non-hydrogen) atoms. The summed E-state index contributed by atoms with van der Waals surface area (Å²) >= 11 is 5.02. The van der Waals surface area contributed by atoms with E-state index in [0.29, 0.717) is 5.11 Å². The van der Waals surface area contributed by atoms with Gasteiger partial charge in [-0.25, -0.2) is 5.84 Å². The Morgan fingerprint density at radius 3 is 2.38 bits per heavy atom. The maximum Gasteiger partial charge on any atom is 0.187 e. The quantitative estimate of drug-likeness (QED) is 0.480. The summed E-state index contributed by atoms with van der Waals surface area (Å²) in [5, 5.41) is 4.82. The standard InChI is InChI=1S/C11H17N3OS/c1-8(2)15-10-6-4-9(5-7-10)13-11(16)14(3)12/h4-8H,12H2,1-3H3,(H,13,16). The molecule has 0 aliphatic rings. The lowest BCUT2D eigenvalue weighted by molar-refractivity contribution is 0.242. The molecule has 0 spiro atoms. The highest BCUT2D eigenvalue weighted by Crippen LogP contribution is 2.16. The fourth-order valence-corrected chi connectivity index (χ4v) is 1.22. The summed E-state index contributed by atoms with van der Waals surface area (Å²) in [6.45, 7) is 3.98. The van der Waals surface area contributed by atoms with Crippen molar-refractivity contribution in [1.29, 1.82) is 0 Å². The molecule has 1 rings (SSSR count). The van der Waals surface area contributed by atoms with Crippen LogP contribution in [0, 0.1) is 0 Å².